The minimum absolute atomic E-state index is 0. The van der Waals surface area contributed by atoms with Crippen LogP contribution in [0, 0.1) is 0 Å². The SMILES string of the molecule is CCC/C=C/CCCC(CCC)N(CC(=O)[O-])C(CCC)CCC/C=C/CCC.[K+]. The second kappa shape index (κ2) is 24.2. The number of allylic oxidation sites excluding steroid dienone is 4. The number of hydrogen-bond donors (Lipinski definition) is 0. The number of carbonyl (C=O) groups is 1. The predicted molar refractivity (Wildman–Crippen MR) is 125 cm³/mol. The summed E-state index contributed by atoms with van der Waals surface area (Å²) in [7, 11) is 0. The van der Waals surface area contributed by atoms with Crippen molar-refractivity contribution in [2.24, 2.45) is 0 Å². The van der Waals surface area contributed by atoms with E-state index >= 15 is 0 Å². The van der Waals surface area contributed by atoms with E-state index in [0.29, 0.717) is 12.1 Å². The van der Waals surface area contributed by atoms with Gasteiger partial charge < -0.3 is 9.90 Å². The van der Waals surface area contributed by atoms with Gasteiger partial charge in [-0.1, -0.05) is 77.7 Å². The summed E-state index contributed by atoms with van der Waals surface area (Å²) in [6.07, 6.45) is 24.8. The molecular weight excluding hydrogens is 397 g/mol. The molecule has 0 fully saturated rings. The molecule has 0 aliphatic rings. The maximum atomic E-state index is 11.5. The van der Waals surface area contributed by atoms with E-state index in [1.807, 2.05) is 0 Å². The first-order valence-electron chi connectivity index (χ1n) is 12.4. The number of hydrogen-bond acceptors (Lipinski definition) is 3. The van der Waals surface area contributed by atoms with Gasteiger partial charge in [-0.25, -0.2) is 0 Å². The van der Waals surface area contributed by atoms with E-state index in [9.17, 15) is 9.90 Å². The summed E-state index contributed by atoms with van der Waals surface area (Å²) in [5.41, 5.74) is 0. The Labute approximate surface area is 230 Å². The molecule has 0 N–H and O–H groups in total. The molecule has 0 aromatic heterocycles. The van der Waals surface area contributed by atoms with Gasteiger partial charge in [-0.2, -0.15) is 0 Å². The van der Waals surface area contributed by atoms with Gasteiger partial charge in [0.15, 0.2) is 0 Å². The molecule has 170 valence electrons. The van der Waals surface area contributed by atoms with Crippen molar-refractivity contribution in [3.63, 3.8) is 0 Å². The summed E-state index contributed by atoms with van der Waals surface area (Å²) >= 11 is 0. The van der Waals surface area contributed by atoms with Gasteiger partial charge in [0.25, 0.3) is 0 Å². The molecular formula is C26H48KNO2. The van der Waals surface area contributed by atoms with E-state index in [-0.39, 0.29) is 57.9 Å². The molecule has 0 aliphatic carbocycles. The van der Waals surface area contributed by atoms with Gasteiger partial charge in [0, 0.05) is 18.6 Å². The van der Waals surface area contributed by atoms with Crippen LogP contribution in [0.15, 0.2) is 24.3 Å². The number of nitrogens with zero attached hydrogens (tertiary/aromatic N) is 1. The van der Waals surface area contributed by atoms with E-state index in [1.165, 1.54) is 12.8 Å². The Bertz CT molecular complexity index is 405. The van der Waals surface area contributed by atoms with Gasteiger partial charge in [0.1, 0.15) is 0 Å². The first-order chi connectivity index (χ1) is 14.1. The second-order valence-corrected chi connectivity index (χ2v) is 8.31. The zero-order chi connectivity index (χ0) is 21.7. The summed E-state index contributed by atoms with van der Waals surface area (Å²) in [5.74, 6) is -0.933. The molecule has 0 saturated heterocycles. The summed E-state index contributed by atoms with van der Waals surface area (Å²) in [6, 6.07) is 0.703. The number of carbonyl (C=O) groups excluding carboxylic acids is 1. The van der Waals surface area contributed by atoms with Crippen molar-refractivity contribution in [2.75, 3.05) is 6.54 Å². The van der Waals surface area contributed by atoms with Crippen molar-refractivity contribution in [3.05, 3.63) is 24.3 Å². The molecule has 0 aromatic carbocycles. The van der Waals surface area contributed by atoms with Crippen LogP contribution in [0.5, 0.6) is 0 Å². The molecule has 0 radical (unpaired) electrons. The van der Waals surface area contributed by atoms with E-state index in [0.717, 1.165) is 77.0 Å². The van der Waals surface area contributed by atoms with Crippen LogP contribution in [0.4, 0.5) is 0 Å². The molecule has 0 spiro atoms. The van der Waals surface area contributed by atoms with Crippen molar-refractivity contribution in [1.29, 1.82) is 0 Å². The van der Waals surface area contributed by atoms with Crippen LogP contribution in [0.3, 0.4) is 0 Å². The van der Waals surface area contributed by atoms with E-state index < -0.39 is 5.97 Å². The Balaban J connectivity index is 0. The number of rotatable bonds is 20. The number of carboxylic acids is 1. The third-order valence-electron chi connectivity index (χ3n) is 5.55. The molecule has 4 heteroatoms. The maximum Gasteiger partial charge on any atom is 1.00 e. The van der Waals surface area contributed by atoms with Crippen LogP contribution in [0.2, 0.25) is 0 Å². The Morgan fingerprint density at radius 1 is 0.700 bits per heavy atom. The van der Waals surface area contributed by atoms with Crippen LogP contribution >= 0.6 is 0 Å². The number of unbranched alkanes of at least 4 members (excludes halogenated alkanes) is 4. The van der Waals surface area contributed by atoms with Crippen molar-refractivity contribution in [1.82, 2.24) is 4.90 Å². The van der Waals surface area contributed by atoms with Gasteiger partial charge in [0.05, 0.1) is 5.97 Å². The van der Waals surface area contributed by atoms with Crippen LogP contribution in [-0.2, 0) is 4.79 Å². The minimum Gasteiger partial charge on any atom is -0.549 e. The monoisotopic (exact) mass is 445 g/mol. The fourth-order valence-corrected chi connectivity index (χ4v) is 4.07. The van der Waals surface area contributed by atoms with Crippen LogP contribution in [-0.4, -0.2) is 29.5 Å². The fourth-order valence-electron chi connectivity index (χ4n) is 4.07. The molecule has 0 heterocycles. The molecule has 0 aromatic rings. The second-order valence-electron chi connectivity index (χ2n) is 8.31. The van der Waals surface area contributed by atoms with Gasteiger partial charge in [-0.05, 0) is 64.2 Å². The van der Waals surface area contributed by atoms with Crippen LogP contribution < -0.4 is 56.5 Å². The molecule has 0 aliphatic heterocycles. The topological polar surface area (TPSA) is 43.4 Å². The molecule has 3 nitrogen and oxygen atoms in total. The van der Waals surface area contributed by atoms with E-state index in [4.69, 9.17) is 0 Å². The third kappa shape index (κ3) is 18.1. The molecule has 0 amide bonds. The van der Waals surface area contributed by atoms with Crippen LogP contribution in [0.1, 0.15) is 118 Å². The van der Waals surface area contributed by atoms with Gasteiger partial charge in [-0.15, -0.1) is 0 Å². The number of aliphatic carboxylic acids is 1. The first-order valence-corrected chi connectivity index (χ1v) is 12.4. The quantitative estimate of drug-likeness (QED) is 0.164. The molecule has 2 atom stereocenters. The van der Waals surface area contributed by atoms with Crippen molar-refractivity contribution < 1.29 is 61.3 Å². The summed E-state index contributed by atoms with van der Waals surface area (Å²) in [5, 5.41) is 11.5. The molecule has 0 saturated carbocycles. The minimum atomic E-state index is -0.933. The van der Waals surface area contributed by atoms with Crippen LogP contribution in [0.25, 0.3) is 0 Å². The van der Waals surface area contributed by atoms with Gasteiger partial charge in [0.2, 0.25) is 0 Å². The molecule has 0 bridgehead atoms. The standard InChI is InChI=1S/C26H49NO2.K/c1-5-9-11-13-15-17-21-24(19-7-3)27(23-26(28)29)25(20-8-4)22-18-16-14-12-10-6-2;/h11-14,24-25H,5-10,15-23H2,1-4H3,(H,28,29);/q;+1/p-1/b13-11+,14-12+;. The average Bonchev–Trinajstić information content (AvgIpc) is 2.69. The molecule has 2 unspecified atom stereocenters. The molecule has 30 heavy (non-hydrogen) atoms. The number of carboxylic acid groups (broad SMARTS) is 1. The zero-order valence-corrected chi connectivity index (χ0v) is 24.0. The van der Waals surface area contributed by atoms with Crippen molar-refractivity contribution >= 4 is 5.97 Å². The average molecular weight is 446 g/mol. The van der Waals surface area contributed by atoms with E-state index in [2.05, 4.69) is 56.9 Å². The Morgan fingerprint density at radius 3 is 1.43 bits per heavy atom. The van der Waals surface area contributed by atoms with E-state index in [1.54, 1.807) is 0 Å². The van der Waals surface area contributed by atoms with Crippen molar-refractivity contribution in [3.8, 4) is 0 Å². The fraction of sp³-hybridized carbons (Fsp3) is 0.808. The predicted octanol–water partition coefficient (Wildman–Crippen LogP) is 3.43. The Kier molecular flexibility index (Phi) is 26.4. The van der Waals surface area contributed by atoms with Gasteiger partial charge >= 0.3 is 51.4 Å². The largest absolute Gasteiger partial charge is 1.00 e. The Hall–Kier alpha value is 0.546. The zero-order valence-electron chi connectivity index (χ0n) is 20.8. The summed E-state index contributed by atoms with van der Waals surface area (Å²) < 4.78 is 0. The third-order valence-corrected chi connectivity index (χ3v) is 5.55. The normalized spacial score (nSPS) is 13.8. The summed E-state index contributed by atoms with van der Waals surface area (Å²) in [6.45, 7) is 8.89. The summed E-state index contributed by atoms with van der Waals surface area (Å²) in [4.78, 5) is 13.8. The smallest absolute Gasteiger partial charge is 0.549 e. The maximum absolute atomic E-state index is 11.5. The first kappa shape index (κ1) is 32.7. The molecule has 0 rings (SSSR count). The van der Waals surface area contributed by atoms with Gasteiger partial charge in [-0.3, -0.25) is 4.90 Å². The van der Waals surface area contributed by atoms with Crippen molar-refractivity contribution in [2.45, 2.75) is 130 Å². The Morgan fingerprint density at radius 2 is 1.10 bits per heavy atom.